The second-order valence-electron chi connectivity index (χ2n) is 3.26. The molecule has 1 unspecified atom stereocenters. The Morgan fingerprint density at radius 2 is 2.29 bits per heavy atom. The number of hydrogen-bond donors (Lipinski definition) is 0. The molecule has 0 radical (unpaired) electrons. The fraction of sp³-hybridized carbons (Fsp3) is 0.273. The molecule has 0 aliphatic carbocycles. The molecule has 72 valence electrons. The molecule has 0 saturated carbocycles. The van der Waals surface area contributed by atoms with Gasteiger partial charge in [0.05, 0.1) is 0 Å². The molecular formula is C11H11NO2. The molecule has 1 aromatic rings. The third-order valence-corrected chi connectivity index (χ3v) is 2.27. The van der Waals surface area contributed by atoms with Crippen molar-refractivity contribution < 1.29 is 9.63 Å². The van der Waals surface area contributed by atoms with Crippen molar-refractivity contribution in [3.8, 4) is 0 Å². The van der Waals surface area contributed by atoms with E-state index in [-0.39, 0.29) is 11.9 Å². The van der Waals surface area contributed by atoms with E-state index >= 15 is 0 Å². The van der Waals surface area contributed by atoms with Gasteiger partial charge in [-0.3, -0.25) is 4.79 Å². The Balaban J connectivity index is 2.36. The number of ketones is 1. The minimum Gasteiger partial charge on any atom is -0.388 e. The number of oxime groups is 1. The molecule has 0 N–H and O–H groups in total. The van der Waals surface area contributed by atoms with Crippen LogP contribution in [0.2, 0.25) is 0 Å². The number of carbonyl (C=O) groups is 1. The van der Waals surface area contributed by atoms with Crippen LogP contribution in [0.4, 0.5) is 0 Å². The standard InChI is InChI=1S/C11H11NO2/c1-8(13)9-4-2-3-5-10(9)11-6-7-12-14-11/h2-5,7,11H,6H2,1H3. The topological polar surface area (TPSA) is 38.7 Å². The highest BCUT2D eigenvalue weighted by atomic mass is 16.6. The van der Waals surface area contributed by atoms with Gasteiger partial charge in [-0.05, 0) is 6.92 Å². The lowest BCUT2D eigenvalue weighted by Crippen LogP contribution is -2.04. The highest BCUT2D eigenvalue weighted by Gasteiger charge is 2.20. The summed E-state index contributed by atoms with van der Waals surface area (Å²) in [5.41, 5.74) is 1.65. The lowest BCUT2D eigenvalue weighted by Gasteiger charge is -2.11. The molecule has 0 fully saturated rings. The van der Waals surface area contributed by atoms with Crippen LogP contribution < -0.4 is 0 Å². The predicted octanol–water partition coefficient (Wildman–Crippen LogP) is 2.34. The maximum absolute atomic E-state index is 11.3. The molecule has 1 aliphatic heterocycles. The van der Waals surface area contributed by atoms with Crippen LogP contribution in [0.15, 0.2) is 29.4 Å². The summed E-state index contributed by atoms with van der Waals surface area (Å²) >= 11 is 0. The van der Waals surface area contributed by atoms with Crippen LogP contribution in [-0.2, 0) is 4.84 Å². The highest BCUT2D eigenvalue weighted by Crippen LogP contribution is 2.27. The molecule has 1 atom stereocenters. The molecule has 0 amide bonds. The van der Waals surface area contributed by atoms with E-state index in [1.54, 1.807) is 13.1 Å². The van der Waals surface area contributed by atoms with Crippen LogP contribution in [0, 0.1) is 0 Å². The predicted molar refractivity (Wildman–Crippen MR) is 53.4 cm³/mol. The molecular weight excluding hydrogens is 178 g/mol. The minimum absolute atomic E-state index is 0.0658. The number of carbonyl (C=O) groups excluding carboxylic acids is 1. The zero-order valence-corrected chi connectivity index (χ0v) is 7.93. The van der Waals surface area contributed by atoms with E-state index in [9.17, 15) is 4.79 Å². The molecule has 3 heteroatoms. The van der Waals surface area contributed by atoms with Gasteiger partial charge in [-0.25, -0.2) is 0 Å². The molecule has 0 spiro atoms. The van der Waals surface area contributed by atoms with E-state index in [1.165, 1.54) is 0 Å². The van der Waals surface area contributed by atoms with Crippen LogP contribution >= 0.6 is 0 Å². The first kappa shape index (κ1) is 8.94. The lowest BCUT2D eigenvalue weighted by atomic mass is 9.98. The Morgan fingerprint density at radius 3 is 2.93 bits per heavy atom. The van der Waals surface area contributed by atoms with Crippen molar-refractivity contribution in [2.24, 2.45) is 5.16 Å². The monoisotopic (exact) mass is 189 g/mol. The fourth-order valence-electron chi connectivity index (χ4n) is 1.58. The summed E-state index contributed by atoms with van der Waals surface area (Å²) in [5, 5.41) is 3.71. The van der Waals surface area contributed by atoms with Crippen LogP contribution in [0.3, 0.4) is 0 Å². The van der Waals surface area contributed by atoms with Gasteiger partial charge >= 0.3 is 0 Å². The summed E-state index contributed by atoms with van der Waals surface area (Å²) < 4.78 is 0. The number of nitrogens with zero attached hydrogens (tertiary/aromatic N) is 1. The van der Waals surface area contributed by atoms with E-state index in [1.807, 2.05) is 24.3 Å². The third kappa shape index (κ3) is 1.53. The van der Waals surface area contributed by atoms with Gasteiger partial charge < -0.3 is 4.84 Å². The van der Waals surface area contributed by atoms with Crippen LogP contribution in [0.5, 0.6) is 0 Å². The van der Waals surface area contributed by atoms with Crippen LogP contribution in [0.25, 0.3) is 0 Å². The van der Waals surface area contributed by atoms with E-state index < -0.39 is 0 Å². The van der Waals surface area contributed by atoms with Crippen LogP contribution in [0.1, 0.15) is 35.4 Å². The Kier molecular flexibility index (Phi) is 2.31. The van der Waals surface area contributed by atoms with Gasteiger partial charge in [-0.15, -0.1) is 0 Å². The van der Waals surface area contributed by atoms with Crippen molar-refractivity contribution in [3.63, 3.8) is 0 Å². The van der Waals surface area contributed by atoms with Crippen molar-refractivity contribution >= 4 is 12.0 Å². The van der Waals surface area contributed by atoms with Gasteiger partial charge in [0.1, 0.15) is 0 Å². The summed E-state index contributed by atoms with van der Waals surface area (Å²) in [5.74, 6) is 0.0658. The van der Waals surface area contributed by atoms with E-state index in [2.05, 4.69) is 5.16 Å². The van der Waals surface area contributed by atoms with Gasteiger partial charge in [0, 0.05) is 23.8 Å². The number of rotatable bonds is 2. The summed E-state index contributed by atoms with van der Waals surface area (Å²) in [7, 11) is 0. The number of hydrogen-bond acceptors (Lipinski definition) is 3. The minimum atomic E-state index is -0.0879. The Morgan fingerprint density at radius 1 is 1.50 bits per heavy atom. The highest BCUT2D eigenvalue weighted by molar-refractivity contribution is 5.95. The van der Waals surface area contributed by atoms with Gasteiger partial charge in [-0.2, -0.15) is 0 Å². The van der Waals surface area contributed by atoms with Crippen molar-refractivity contribution in [1.29, 1.82) is 0 Å². The van der Waals surface area contributed by atoms with E-state index in [0.29, 0.717) is 0 Å². The Labute approximate surface area is 82.4 Å². The second-order valence-corrected chi connectivity index (χ2v) is 3.26. The van der Waals surface area contributed by atoms with Gasteiger partial charge in [0.15, 0.2) is 11.9 Å². The molecule has 0 saturated heterocycles. The van der Waals surface area contributed by atoms with Gasteiger partial charge in [0.2, 0.25) is 0 Å². The smallest absolute Gasteiger partial charge is 0.160 e. The third-order valence-electron chi connectivity index (χ3n) is 2.27. The first-order valence-corrected chi connectivity index (χ1v) is 4.56. The summed E-state index contributed by atoms with van der Waals surface area (Å²) in [6.07, 6.45) is 2.38. The van der Waals surface area contributed by atoms with E-state index in [4.69, 9.17) is 4.84 Å². The van der Waals surface area contributed by atoms with Crippen molar-refractivity contribution in [2.45, 2.75) is 19.4 Å². The lowest BCUT2D eigenvalue weighted by molar-refractivity contribution is 0.0833. The quantitative estimate of drug-likeness (QED) is 0.670. The first-order valence-electron chi connectivity index (χ1n) is 4.56. The number of benzene rings is 1. The molecule has 1 heterocycles. The van der Waals surface area contributed by atoms with Gasteiger partial charge in [-0.1, -0.05) is 29.4 Å². The molecule has 1 aliphatic rings. The first-order chi connectivity index (χ1) is 6.79. The molecule has 0 bridgehead atoms. The largest absolute Gasteiger partial charge is 0.388 e. The molecule has 14 heavy (non-hydrogen) atoms. The second kappa shape index (κ2) is 3.62. The van der Waals surface area contributed by atoms with Crippen molar-refractivity contribution in [3.05, 3.63) is 35.4 Å². The zero-order chi connectivity index (χ0) is 9.97. The fourth-order valence-corrected chi connectivity index (χ4v) is 1.58. The van der Waals surface area contributed by atoms with Gasteiger partial charge in [0.25, 0.3) is 0 Å². The van der Waals surface area contributed by atoms with Crippen LogP contribution in [-0.4, -0.2) is 12.0 Å². The number of Topliss-reactive ketones (excluding diaryl/α,β-unsaturated/α-hetero) is 1. The summed E-state index contributed by atoms with van der Waals surface area (Å²) in [6.45, 7) is 1.56. The zero-order valence-electron chi connectivity index (χ0n) is 7.93. The summed E-state index contributed by atoms with van der Waals surface area (Å²) in [4.78, 5) is 16.5. The normalized spacial score (nSPS) is 19.4. The van der Waals surface area contributed by atoms with Crippen molar-refractivity contribution in [2.75, 3.05) is 0 Å². The summed E-state index contributed by atoms with van der Waals surface area (Å²) in [6, 6.07) is 7.49. The Bertz CT molecular complexity index is 377. The maximum Gasteiger partial charge on any atom is 0.160 e. The molecule has 0 aromatic heterocycles. The van der Waals surface area contributed by atoms with Crippen molar-refractivity contribution in [1.82, 2.24) is 0 Å². The molecule has 2 rings (SSSR count). The molecule has 3 nitrogen and oxygen atoms in total. The average molecular weight is 189 g/mol. The SMILES string of the molecule is CC(=O)c1ccccc1C1CC=NO1. The average Bonchev–Trinajstić information content (AvgIpc) is 2.70. The maximum atomic E-state index is 11.3. The molecule has 1 aromatic carbocycles. The Hall–Kier alpha value is -1.64. The van der Waals surface area contributed by atoms with E-state index in [0.717, 1.165) is 17.5 Å².